The van der Waals surface area contributed by atoms with Crippen LogP contribution >= 0.6 is 23.2 Å². The number of fused-ring (bicyclic) bond motifs is 3. The first-order valence-electron chi connectivity index (χ1n) is 12.9. The van der Waals surface area contributed by atoms with Crippen LogP contribution in [0.2, 0.25) is 10.0 Å². The van der Waals surface area contributed by atoms with Crippen molar-refractivity contribution in [2.24, 2.45) is 5.92 Å². The van der Waals surface area contributed by atoms with Crippen molar-refractivity contribution in [1.82, 2.24) is 20.5 Å². The molecule has 0 fully saturated rings. The monoisotopic (exact) mass is 587 g/mol. The number of hydrogen-bond donors (Lipinski definition) is 5. The van der Waals surface area contributed by atoms with E-state index in [-0.39, 0.29) is 36.9 Å². The van der Waals surface area contributed by atoms with Crippen LogP contribution in [0.3, 0.4) is 0 Å². The van der Waals surface area contributed by atoms with Gasteiger partial charge < -0.3 is 30.9 Å². The molecule has 1 aliphatic heterocycles. The third kappa shape index (κ3) is 6.86. The fourth-order valence-corrected chi connectivity index (χ4v) is 5.11. The molecular formula is C28H31Cl2N5O5. The number of nitrogens with one attached hydrogen (secondary N) is 4. The van der Waals surface area contributed by atoms with Crippen molar-refractivity contribution in [1.29, 1.82) is 0 Å². The van der Waals surface area contributed by atoms with Crippen LogP contribution in [0, 0.1) is 5.92 Å². The number of urea groups is 1. The van der Waals surface area contributed by atoms with Crippen molar-refractivity contribution in [3.63, 3.8) is 0 Å². The lowest BCUT2D eigenvalue weighted by Gasteiger charge is -2.35. The van der Waals surface area contributed by atoms with E-state index in [1.54, 1.807) is 12.1 Å². The van der Waals surface area contributed by atoms with Gasteiger partial charge in [0.2, 0.25) is 11.8 Å². The number of H-pyrrole nitrogens is 1. The van der Waals surface area contributed by atoms with Crippen molar-refractivity contribution in [3.05, 3.63) is 63.8 Å². The lowest BCUT2D eigenvalue weighted by molar-refractivity contribution is -0.137. The SMILES string of the molecule is CC(C)C[C@H](NC(=O)[C@H]1Cc2c([nH]c3ccccc23)CN1C(=O)Nc1ccc(Cl)c(Cl)c1)C(=O)NCCC(=O)O. The van der Waals surface area contributed by atoms with Gasteiger partial charge in [-0.05, 0) is 42.2 Å². The minimum Gasteiger partial charge on any atom is -0.481 e. The molecule has 2 heterocycles. The average Bonchev–Trinajstić information content (AvgIpc) is 3.26. The number of benzene rings is 2. The highest BCUT2D eigenvalue weighted by Crippen LogP contribution is 2.31. The Kier molecular flexibility index (Phi) is 9.21. The second-order valence-corrected chi connectivity index (χ2v) is 11.0. The Bertz CT molecular complexity index is 1440. The van der Waals surface area contributed by atoms with Gasteiger partial charge in [-0.15, -0.1) is 0 Å². The normalized spacial score (nSPS) is 15.4. The fourth-order valence-electron chi connectivity index (χ4n) is 4.81. The van der Waals surface area contributed by atoms with Gasteiger partial charge >= 0.3 is 12.0 Å². The minimum atomic E-state index is -1.04. The highest BCUT2D eigenvalue weighted by Gasteiger charge is 2.38. The maximum atomic E-state index is 13.8. The minimum absolute atomic E-state index is 0.0566. The molecular weight excluding hydrogens is 557 g/mol. The molecule has 3 aromatic rings. The summed E-state index contributed by atoms with van der Waals surface area (Å²) in [5.41, 5.74) is 3.06. The van der Waals surface area contributed by atoms with E-state index >= 15 is 0 Å². The second kappa shape index (κ2) is 12.6. The van der Waals surface area contributed by atoms with Gasteiger partial charge in [0.1, 0.15) is 12.1 Å². The topological polar surface area (TPSA) is 144 Å². The first-order chi connectivity index (χ1) is 19.0. The summed E-state index contributed by atoms with van der Waals surface area (Å²) in [7, 11) is 0. The van der Waals surface area contributed by atoms with Crippen LogP contribution in [-0.4, -0.2) is 57.4 Å². The molecule has 4 rings (SSSR count). The van der Waals surface area contributed by atoms with Gasteiger partial charge in [-0.1, -0.05) is 55.2 Å². The third-order valence-corrected chi connectivity index (χ3v) is 7.46. The highest BCUT2D eigenvalue weighted by molar-refractivity contribution is 6.42. The number of rotatable bonds is 9. The summed E-state index contributed by atoms with van der Waals surface area (Å²) in [6.07, 6.45) is 0.336. The Labute approximate surface area is 241 Å². The molecule has 0 radical (unpaired) electrons. The molecule has 2 aromatic carbocycles. The average molecular weight is 588 g/mol. The van der Waals surface area contributed by atoms with Crippen molar-refractivity contribution >= 4 is 63.6 Å². The number of aromatic amines is 1. The van der Waals surface area contributed by atoms with E-state index in [0.717, 1.165) is 22.2 Å². The Hall–Kier alpha value is -3.76. The number of carbonyl (C=O) groups is 4. The number of hydrogen-bond acceptors (Lipinski definition) is 4. The number of anilines is 1. The fraction of sp³-hybridized carbons (Fsp3) is 0.357. The quantitative estimate of drug-likeness (QED) is 0.249. The van der Waals surface area contributed by atoms with Gasteiger partial charge in [0.25, 0.3) is 0 Å². The largest absolute Gasteiger partial charge is 0.481 e. The molecule has 0 aliphatic carbocycles. The number of amides is 4. The van der Waals surface area contributed by atoms with Crippen LogP contribution in [0.1, 0.15) is 37.9 Å². The van der Waals surface area contributed by atoms with Crippen LogP contribution in [0.25, 0.3) is 10.9 Å². The van der Waals surface area contributed by atoms with E-state index in [2.05, 4.69) is 20.9 Å². The number of halogens is 2. The van der Waals surface area contributed by atoms with Gasteiger partial charge in [0, 0.05) is 35.2 Å². The molecule has 0 bridgehead atoms. The van der Waals surface area contributed by atoms with Gasteiger partial charge in [0.15, 0.2) is 0 Å². The number of para-hydroxylation sites is 1. The van der Waals surface area contributed by atoms with Crippen molar-refractivity contribution in [3.8, 4) is 0 Å². The summed E-state index contributed by atoms with van der Waals surface area (Å²) < 4.78 is 0. The zero-order valence-electron chi connectivity index (χ0n) is 22.1. The molecule has 2 atom stereocenters. The molecule has 0 saturated heterocycles. The summed E-state index contributed by atoms with van der Waals surface area (Å²) in [5.74, 6) is -1.93. The lowest BCUT2D eigenvalue weighted by Crippen LogP contribution is -2.57. The molecule has 0 unspecified atom stereocenters. The first-order valence-corrected chi connectivity index (χ1v) is 13.7. The Morgan fingerprint density at radius 1 is 1.10 bits per heavy atom. The van der Waals surface area contributed by atoms with E-state index in [1.165, 1.54) is 11.0 Å². The van der Waals surface area contributed by atoms with Crippen LogP contribution in [0.4, 0.5) is 10.5 Å². The maximum Gasteiger partial charge on any atom is 0.322 e. The van der Waals surface area contributed by atoms with Crippen LogP contribution in [-0.2, 0) is 27.3 Å². The van der Waals surface area contributed by atoms with E-state index < -0.39 is 35.9 Å². The summed E-state index contributed by atoms with van der Waals surface area (Å²) >= 11 is 12.1. The lowest BCUT2D eigenvalue weighted by atomic mass is 9.95. The van der Waals surface area contributed by atoms with Gasteiger partial charge in [-0.2, -0.15) is 0 Å². The molecule has 10 nitrogen and oxygen atoms in total. The Morgan fingerprint density at radius 2 is 1.85 bits per heavy atom. The zero-order valence-corrected chi connectivity index (χ0v) is 23.6. The molecule has 5 N–H and O–H groups in total. The summed E-state index contributed by atoms with van der Waals surface area (Å²) in [6, 6.07) is 10.1. The van der Waals surface area contributed by atoms with Gasteiger partial charge in [-0.3, -0.25) is 14.4 Å². The molecule has 12 heteroatoms. The molecule has 212 valence electrons. The predicted molar refractivity (Wildman–Crippen MR) is 153 cm³/mol. The zero-order chi connectivity index (χ0) is 29.0. The van der Waals surface area contributed by atoms with Gasteiger partial charge in [-0.25, -0.2) is 4.79 Å². The maximum absolute atomic E-state index is 13.8. The Morgan fingerprint density at radius 3 is 2.55 bits per heavy atom. The van der Waals surface area contributed by atoms with Crippen LogP contribution < -0.4 is 16.0 Å². The molecule has 4 amide bonds. The molecule has 0 spiro atoms. The van der Waals surface area contributed by atoms with E-state index in [1.807, 2.05) is 38.1 Å². The molecule has 0 saturated carbocycles. The summed E-state index contributed by atoms with van der Waals surface area (Å²) in [5, 5.41) is 18.7. The number of carbonyl (C=O) groups excluding carboxylic acids is 3. The van der Waals surface area contributed by atoms with E-state index in [4.69, 9.17) is 28.3 Å². The highest BCUT2D eigenvalue weighted by atomic mass is 35.5. The number of carboxylic acid groups (broad SMARTS) is 1. The Balaban J connectivity index is 1.60. The second-order valence-electron chi connectivity index (χ2n) is 10.2. The predicted octanol–water partition coefficient (Wildman–Crippen LogP) is 4.56. The summed E-state index contributed by atoms with van der Waals surface area (Å²) in [4.78, 5) is 55.8. The number of aliphatic carboxylic acids is 1. The number of carboxylic acids is 1. The summed E-state index contributed by atoms with van der Waals surface area (Å²) in [6.45, 7) is 3.91. The van der Waals surface area contributed by atoms with E-state index in [0.29, 0.717) is 17.1 Å². The smallest absolute Gasteiger partial charge is 0.322 e. The van der Waals surface area contributed by atoms with Crippen molar-refractivity contribution in [2.45, 2.75) is 51.7 Å². The number of aromatic nitrogens is 1. The van der Waals surface area contributed by atoms with Crippen molar-refractivity contribution in [2.75, 3.05) is 11.9 Å². The standard InChI is InChI=1S/C28H31Cl2N5O5/c1-15(2)11-22(26(38)31-10-9-25(36)37)34-27(39)24-13-18-17-5-3-4-6-21(17)33-23(18)14-35(24)28(40)32-16-7-8-19(29)20(30)12-16/h3-8,12,15,22,24,33H,9-11,13-14H2,1-2H3,(H,31,38)(H,32,40)(H,34,39)(H,36,37)/t22-,24+/m0/s1. The molecule has 1 aliphatic rings. The number of nitrogens with zero attached hydrogens (tertiary/aromatic N) is 1. The third-order valence-electron chi connectivity index (χ3n) is 6.72. The van der Waals surface area contributed by atoms with Crippen LogP contribution in [0.5, 0.6) is 0 Å². The van der Waals surface area contributed by atoms with Crippen LogP contribution in [0.15, 0.2) is 42.5 Å². The van der Waals surface area contributed by atoms with Crippen molar-refractivity contribution < 1.29 is 24.3 Å². The molecule has 40 heavy (non-hydrogen) atoms. The van der Waals surface area contributed by atoms with E-state index in [9.17, 15) is 19.2 Å². The molecule has 1 aromatic heterocycles. The first kappa shape index (κ1) is 29.2. The van der Waals surface area contributed by atoms with Gasteiger partial charge in [0.05, 0.1) is 23.0 Å².